The third kappa shape index (κ3) is 15.6. The second-order valence-electron chi connectivity index (χ2n) is 7.11. The van der Waals surface area contributed by atoms with E-state index >= 15 is 0 Å². The second kappa shape index (κ2) is 19.4. The number of hydrogen-bond donors (Lipinski definition) is 0. The molecule has 4 heteroatoms. The first kappa shape index (κ1) is 26.3. The number of nitrogens with zero attached hydrogens (tertiary/aromatic N) is 2. The average molecular weight is 426 g/mol. The van der Waals surface area contributed by atoms with Crippen LogP contribution in [0.2, 0.25) is 0 Å². The van der Waals surface area contributed by atoms with Crippen LogP contribution in [0.5, 0.6) is 0 Å². The van der Waals surface area contributed by atoms with Crippen LogP contribution in [-0.2, 0) is 0 Å². The van der Waals surface area contributed by atoms with Crippen molar-refractivity contribution in [2.24, 2.45) is 0 Å². The molecule has 146 valence electrons. The van der Waals surface area contributed by atoms with Crippen molar-refractivity contribution in [3.63, 3.8) is 0 Å². The average Bonchev–Trinajstić information content (AvgIpc) is 2.93. The maximum Gasteiger partial charge on any atom is 0.0890 e. The number of unbranched alkanes of at least 4 members (excludes halogenated alkanes) is 13. The van der Waals surface area contributed by atoms with Gasteiger partial charge in [-0.2, -0.15) is 0 Å². The number of rotatable bonds is 15. The molecule has 0 amide bonds. The molecule has 0 spiro atoms. The maximum absolute atomic E-state index is 2.42. The van der Waals surface area contributed by atoms with Crippen molar-refractivity contribution in [3.8, 4) is 0 Å². The zero-order valence-corrected chi connectivity index (χ0v) is 18.7. The maximum atomic E-state index is 2.42. The summed E-state index contributed by atoms with van der Waals surface area (Å²) in [6.45, 7) is 4.61. The van der Waals surface area contributed by atoms with Gasteiger partial charge in [0.05, 0.1) is 6.67 Å². The lowest BCUT2D eigenvalue weighted by atomic mass is 10.0. The first-order valence-electron chi connectivity index (χ1n) is 9.95. The lowest BCUT2D eigenvalue weighted by Crippen LogP contribution is -2.23. The molecule has 0 bridgehead atoms. The Morgan fingerprint density at radius 1 is 0.667 bits per heavy atom. The molecule has 2 nitrogen and oxygen atoms in total. The van der Waals surface area contributed by atoms with Crippen LogP contribution in [0.1, 0.15) is 96.8 Å². The third-order valence-corrected chi connectivity index (χ3v) is 4.74. The van der Waals surface area contributed by atoms with Crippen molar-refractivity contribution in [2.45, 2.75) is 96.8 Å². The minimum Gasteiger partial charge on any atom is -0.362 e. The fourth-order valence-corrected chi connectivity index (χ4v) is 3.24. The molecular formula is C20H42BrClN2. The zero-order chi connectivity index (χ0) is 15.9. The SMILES string of the molecule is Br.CCCCCCCCCCCCCCCCN1C=CN(C)C1.Cl. The van der Waals surface area contributed by atoms with E-state index in [1.165, 1.54) is 96.4 Å². The summed E-state index contributed by atoms with van der Waals surface area (Å²) < 4.78 is 0. The van der Waals surface area contributed by atoms with Crippen LogP contribution in [0.15, 0.2) is 12.4 Å². The molecule has 0 aromatic rings. The summed E-state index contributed by atoms with van der Waals surface area (Å²) >= 11 is 0. The molecule has 0 aromatic carbocycles. The predicted octanol–water partition coefficient (Wildman–Crippen LogP) is 7.14. The first-order chi connectivity index (χ1) is 10.8. The molecule has 1 rings (SSSR count). The van der Waals surface area contributed by atoms with Gasteiger partial charge in [0, 0.05) is 26.0 Å². The van der Waals surface area contributed by atoms with E-state index in [9.17, 15) is 0 Å². The van der Waals surface area contributed by atoms with Crippen LogP contribution in [0.3, 0.4) is 0 Å². The Morgan fingerprint density at radius 2 is 1.08 bits per heavy atom. The molecule has 1 heterocycles. The van der Waals surface area contributed by atoms with Crippen LogP contribution in [0.4, 0.5) is 0 Å². The summed E-state index contributed by atoms with van der Waals surface area (Å²) in [5, 5.41) is 0. The highest BCUT2D eigenvalue weighted by molar-refractivity contribution is 8.93. The molecule has 0 aromatic heterocycles. The highest BCUT2D eigenvalue weighted by atomic mass is 79.9. The summed E-state index contributed by atoms with van der Waals surface area (Å²) in [7, 11) is 2.14. The van der Waals surface area contributed by atoms with Gasteiger partial charge in [0.25, 0.3) is 0 Å². The lowest BCUT2D eigenvalue weighted by molar-refractivity contribution is 0.290. The second-order valence-corrected chi connectivity index (χ2v) is 7.11. The normalized spacial score (nSPS) is 13.1. The largest absolute Gasteiger partial charge is 0.362 e. The van der Waals surface area contributed by atoms with Gasteiger partial charge in [-0.3, -0.25) is 0 Å². The summed E-state index contributed by atoms with van der Waals surface area (Å²) in [6.07, 6.45) is 24.6. The molecule has 0 radical (unpaired) electrons. The molecule has 1 aliphatic rings. The molecular weight excluding hydrogens is 384 g/mol. The van der Waals surface area contributed by atoms with Crippen LogP contribution in [-0.4, -0.2) is 30.1 Å². The Labute approximate surface area is 168 Å². The molecule has 0 fully saturated rings. The molecule has 0 unspecified atom stereocenters. The smallest absolute Gasteiger partial charge is 0.0890 e. The zero-order valence-electron chi connectivity index (χ0n) is 16.2. The minimum absolute atomic E-state index is 0. The van der Waals surface area contributed by atoms with Crippen molar-refractivity contribution in [1.82, 2.24) is 9.80 Å². The van der Waals surface area contributed by atoms with Gasteiger partial charge in [0.15, 0.2) is 0 Å². The summed E-state index contributed by atoms with van der Waals surface area (Å²) in [5.41, 5.74) is 0. The topological polar surface area (TPSA) is 6.48 Å². The molecule has 0 saturated heterocycles. The van der Waals surface area contributed by atoms with Gasteiger partial charge in [-0.15, -0.1) is 29.4 Å². The summed E-state index contributed by atoms with van der Waals surface area (Å²) in [6, 6.07) is 0. The monoisotopic (exact) mass is 424 g/mol. The fourth-order valence-electron chi connectivity index (χ4n) is 3.24. The predicted molar refractivity (Wildman–Crippen MR) is 116 cm³/mol. The number of hydrogen-bond acceptors (Lipinski definition) is 2. The van der Waals surface area contributed by atoms with E-state index in [2.05, 4.69) is 36.2 Å². The van der Waals surface area contributed by atoms with Crippen LogP contribution >= 0.6 is 29.4 Å². The first-order valence-corrected chi connectivity index (χ1v) is 9.95. The van der Waals surface area contributed by atoms with E-state index < -0.39 is 0 Å². The van der Waals surface area contributed by atoms with Gasteiger partial charge in [-0.1, -0.05) is 90.4 Å². The summed E-state index contributed by atoms with van der Waals surface area (Å²) in [4.78, 5) is 4.66. The van der Waals surface area contributed by atoms with Gasteiger partial charge < -0.3 is 9.80 Å². The Bertz CT molecular complexity index is 274. The van der Waals surface area contributed by atoms with Gasteiger partial charge in [-0.25, -0.2) is 0 Å². The Hall–Kier alpha value is 0.110. The quantitative estimate of drug-likeness (QED) is 0.257. The number of halogens is 2. The fraction of sp³-hybridized carbons (Fsp3) is 0.900. The van der Waals surface area contributed by atoms with E-state index in [4.69, 9.17) is 0 Å². The van der Waals surface area contributed by atoms with Crippen LogP contribution in [0.25, 0.3) is 0 Å². The van der Waals surface area contributed by atoms with Crippen molar-refractivity contribution in [1.29, 1.82) is 0 Å². The van der Waals surface area contributed by atoms with E-state index in [-0.39, 0.29) is 29.4 Å². The third-order valence-electron chi connectivity index (χ3n) is 4.74. The molecule has 0 aliphatic carbocycles. The molecule has 0 saturated carbocycles. The highest BCUT2D eigenvalue weighted by Crippen LogP contribution is 2.13. The van der Waals surface area contributed by atoms with Crippen LogP contribution in [0, 0.1) is 0 Å². The van der Waals surface area contributed by atoms with Crippen molar-refractivity contribution >= 4 is 29.4 Å². The summed E-state index contributed by atoms with van der Waals surface area (Å²) in [5.74, 6) is 0. The van der Waals surface area contributed by atoms with E-state index in [1.807, 2.05) is 0 Å². The minimum atomic E-state index is 0. The standard InChI is InChI=1S/C20H40N2.BrH.ClH/c1-3-4-5-6-7-8-9-10-11-12-13-14-15-16-17-22-19-18-21(2)20-22;;/h18-19H,3-17,20H2,1-2H3;2*1H. The van der Waals surface area contributed by atoms with Gasteiger partial charge in [0.1, 0.15) is 0 Å². The van der Waals surface area contributed by atoms with Crippen molar-refractivity contribution in [3.05, 3.63) is 12.4 Å². The van der Waals surface area contributed by atoms with Gasteiger partial charge >= 0.3 is 0 Å². The Balaban J connectivity index is 0. The molecule has 24 heavy (non-hydrogen) atoms. The van der Waals surface area contributed by atoms with E-state index in [0.717, 1.165) is 6.67 Å². The van der Waals surface area contributed by atoms with E-state index in [0.29, 0.717) is 0 Å². The lowest BCUT2D eigenvalue weighted by Gasteiger charge is -2.17. The Morgan fingerprint density at radius 3 is 1.46 bits per heavy atom. The molecule has 0 atom stereocenters. The molecule has 1 aliphatic heterocycles. The van der Waals surface area contributed by atoms with Crippen molar-refractivity contribution in [2.75, 3.05) is 20.3 Å². The van der Waals surface area contributed by atoms with Gasteiger partial charge in [-0.05, 0) is 6.42 Å². The Kier molecular flexibility index (Phi) is 21.3. The van der Waals surface area contributed by atoms with E-state index in [1.54, 1.807) is 0 Å². The highest BCUT2D eigenvalue weighted by Gasteiger charge is 2.06. The van der Waals surface area contributed by atoms with Crippen molar-refractivity contribution < 1.29 is 0 Å². The van der Waals surface area contributed by atoms with Crippen LogP contribution < -0.4 is 0 Å². The molecule has 0 N–H and O–H groups in total. The van der Waals surface area contributed by atoms with Gasteiger partial charge in [0.2, 0.25) is 0 Å².